The predicted octanol–water partition coefficient (Wildman–Crippen LogP) is 3.31. The molecular formula is C14H19BrN2. The molecule has 1 aromatic rings. The zero-order valence-electron chi connectivity index (χ0n) is 10.1. The summed E-state index contributed by atoms with van der Waals surface area (Å²) >= 11 is 3.50. The van der Waals surface area contributed by atoms with Crippen LogP contribution in [0.2, 0.25) is 0 Å². The summed E-state index contributed by atoms with van der Waals surface area (Å²) in [5.74, 6) is 0. The van der Waals surface area contributed by atoms with Crippen LogP contribution in [-0.2, 0) is 6.42 Å². The van der Waals surface area contributed by atoms with Gasteiger partial charge in [0.15, 0.2) is 0 Å². The lowest BCUT2D eigenvalue weighted by atomic mass is 9.65. The number of aromatic nitrogens is 1. The molecule has 1 aromatic heterocycles. The molecule has 0 radical (unpaired) electrons. The van der Waals surface area contributed by atoms with Crippen molar-refractivity contribution in [3.8, 4) is 0 Å². The monoisotopic (exact) mass is 294 g/mol. The van der Waals surface area contributed by atoms with E-state index in [1.165, 1.54) is 50.6 Å². The molecule has 0 amide bonds. The van der Waals surface area contributed by atoms with Gasteiger partial charge in [-0.15, -0.1) is 0 Å². The summed E-state index contributed by atoms with van der Waals surface area (Å²) < 4.78 is 1.10. The summed E-state index contributed by atoms with van der Waals surface area (Å²) in [6.07, 6.45) is 12.0. The molecule has 17 heavy (non-hydrogen) atoms. The van der Waals surface area contributed by atoms with E-state index in [1.54, 1.807) is 0 Å². The predicted molar refractivity (Wildman–Crippen MR) is 72.9 cm³/mol. The Balaban J connectivity index is 1.63. The molecule has 0 bridgehead atoms. The van der Waals surface area contributed by atoms with Gasteiger partial charge in [0.05, 0.1) is 0 Å². The van der Waals surface area contributed by atoms with Crippen LogP contribution < -0.4 is 5.32 Å². The molecule has 2 fully saturated rings. The fraction of sp³-hybridized carbons (Fsp3) is 0.643. The molecular weight excluding hydrogens is 276 g/mol. The van der Waals surface area contributed by atoms with Gasteiger partial charge in [-0.25, -0.2) is 0 Å². The van der Waals surface area contributed by atoms with E-state index in [2.05, 4.69) is 32.3 Å². The lowest BCUT2D eigenvalue weighted by molar-refractivity contribution is 0.129. The maximum atomic E-state index is 4.27. The van der Waals surface area contributed by atoms with E-state index >= 15 is 0 Å². The molecule has 1 N–H and O–H groups in total. The number of nitrogens with one attached hydrogen (secondary N) is 1. The van der Waals surface area contributed by atoms with Crippen LogP contribution in [0.4, 0.5) is 0 Å². The molecule has 1 heterocycles. The van der Waals surface area contributed by atoms with Gasteiger partial charge in [-0.2, -0.15) is 0 Å². The first-order valence-electron chi connectivity index (χ1n) is 6.59. The minimum Gasteiger partial charge on any atom is -0.313 e. The summed E-state index contributed by atoms with van der Waals surface area (Å²) in [7, 11) is 0. The fourth-order valence-corrected chi connectivity index (χ4v) is 3.14. The SMILES string of the molecule is Brc1cncc(CC2(CNC3CC3)CCC2)c1. The first kappa shape index (κ1) is 11.7. The highest BCUT2D eigenvalue weighted by molar-refractivity contribution is 9.10. The van der Waals surface area contributed by atoms with E-state index in [4.69, 9.17) is 0 Å². The second-order valence-electron chi connectivity index (χ2n) is 5.70. The maximum absolute atomic E-state index is 4.27. The Bertz CT molecular complexity index is 397. The van der Waals surface area contributed by atoms with Gasteiger partial charge in [-0.1, -0.05) is 6.42 Å². The van der Waals surface area contributed by atoms with Crippen LogP contribution in [0.3, 0.4) is 0 Å². The molecule has 2 nitrogen and oxygen atoms in total. The zero-order chi connectivity index (χ0) is 11.7. The van der Waals surface area contributed by atoms with Gasteiger partial charge in [0.25, 0.3) is 0 Å². The van der Waals surface area contributed by atoms with Crippen molar-refractivity contribution in [3.05, 3.63) is 28.5 Å². The third-order valence-electron chi connectivity index (χ3n) is 4.10. The van der Waals surface area contributed by atoms with Crippen molar-refractivity contribution < 1.29 is 0 Å². The third-order valence-corrected chi connectivity index (χ3v) is 4.53. The fourth-order valence-electron chi connectivity index (χ4n) is 2.73. The van der Waals surface area contributed by atoms with Crippen molar-refractivity contribution in [2.45, 2.75) is 44.6 Å². The van der Waals surface area contributed by atoms with E-state index in [1.807, 2.05) is 12.4 Å². The lowest BCUT2D eigenvalue weighted by Gasteiger charge is -2.42. The quantitative estimate of drug-likeness (QED) is 0.901. The molecule has 0 atom stereocenters. The van der Waals surface area contributed by atoms with E-state index in [0.717, 1.165) is 10.5 Å². The Labute approximate surface area is 111 Å². The van der Waals surface area contributed by atoms with Crippen LogP contribution >= 0.6 is 15.9 Å². The second-order valence-corrected chi connectivity index (χ2v) is 6.61. The van der Waals surface area contributed by atoms with E-state index in [0.29, 0.717) is 5.41 Å². The summed E-state index contributed by atoms with van der Waals surface area (Å²) in [5, 5.41) is 3.70. The Morgan fingerprint density at radius 2 is 2.18 bits per heavy atom. The zero-order valence-corrected chi connectivity index (χ0v) is 11.7. The van der Waals surface area contributed by atoms with Crippen LogP contribution in [0, 0.1) is 5.41 Å². The van der Waals surface area contributed by atoms with Gasteiger partial charge >= 0.3 is 0 Å². The molecule has 0 spiro atoms. The molecule has 3 rings (SSSR count). The number of pyridine rings is 1. The van der Waals surface area contributed by atoms with Crippen LogP contribution in [0.25, 0.3) is 0 Å². The van der Waals surface area contributed by atoms with Crippen molar-refractivity contribution >= 4 is 15.9 Å². The molecule has 2 saturated carbocycles. The first-order valence-corrected chi connectivity index (χ1v) is 7.38. The Morgan fingerprint density at radius 3 is 2.76 bits per heavy atom. The van der Waals surface area contributed by atoms with Gasteiger partial charge in [-0.05, 0) is 65.1 Å². The average molecular weight is 295 g/mol. The molecule has 0 unspecified atom stereocenters. The topological polar surface area (TPSA) is 24.9 Å². The maximum Gasteiger partial charge on any atom is 0.0410 e. The van der Waals surface area contributed by atoms with Crippen LogP contribution in [0.15, 0.2) is 22.9 Å². The first-order chi connectivity index (χ1) is 8.26. The average Bonchev–Trinajstić information content (AvgIpc) is 3.06. The number of hydrogen-bond acceptors (Lipinski definition) is 2. The van der Waals surface area contributed by atoms with Crippen molar-refractivity contribution in [2.24, 2.45) is 5.41 Å². The van der Waals surface area contributed by atoms with Crippen LogP contribution in [0.1, 0.15) is 37.7 Å². The van der Waals surface area contributed by atoms with Crippen molar-refractivity contribution in [1.82, 2.24) is 10.3 Å². The van der Waals surface area contributed by atoms with E-state index in [-0.39, 0.29) is 0 Å². The normalized spacial score (nSPS) is 22.2. The number of rotatable bonds is 5. The molecule has 0 aliphatic heterocycles. The largest absolute Gasteiger partial charge is 0.313 e. The number of nitrogens with zero attached hydrogens (tertiary/aromatic N) is 1. The molecule has 0 saturated heterocycles. The number of hydrogen-bond donors (Lipinski definition) is 1. The minimum atomic E-state index is 0.519. The van der Waals surface area contributed by atoms with Crippen molar-refractivity contribution in [2.75, 3.05) is 6.54 Å². The third kappa shape index (κ3) is 2.89. The Kier molecular flexibility index (Phi) is 3.22. The van der Waals surface area contributed by atoms with Crippen LogP contribution in [0.5, 0.6) is 0 Å². The van der Waals surface area contributed by atoms with Crippen molar-refractivity contribution in [1.29, 1.82) is 0 Å². The highest BCUT2D eigenvalue weighted by atomic mass is 79.9. The van der Waals surface area contributed by atoms with Gasteiger partial charge in [0, 0.05) is 29.5 Å². The van der Waals surface area contributed by atoms with Crippen LogP contribution in [-0.4, -0.2) is 17.6 Å². The Morgan fingerprint density at radius 1 is 1.35 bits per heavy atom. The molecule has 92 valence electrons. The van der Waals surface area contributed by atoms with E-state index < -0.39 is 0 Å². The highest BCUT2D eigenvalue weighted by Crippen LogP contribution is 2.43. The standard InChI is InChI=1S/C14H19BrN2/c15-12-6-11(8-16-9-12)7-14(4-1-5-14)10-17-13-2-3-13/h6,8-9,13,17H,1-5,7,10H2. The van der Waals surface area contributed by atoms with E-state index in [9.17, 15) is 0 Å². The molecule has 2 aliphatic carbocycles. The Hall–Kier alpha value is -0.410. The smallest absolute Gasteiger partial charge is 0.0410 e. The van der Waals surface area contributed by atoms with Gasteiger partial charge in [0.1, 0.15) is 0 Å². The van der Waals surface area contributed by atoms with Crippen molar-refractivity contribution in [3.63, 3.8) is 0 Å². The number of halogens is 1. The molecule has 0 aromatic carbocycles. The second kappa shape index (κ2) is 4.69. The van der Waals surface area contributed by atoms with Gasteiger partial charge in [0.2, 0.25) is 0 Å². The molecule has 2 aliphatic rings. The van der Waals surface area contributed by atoms with Gasteiger partial charge < -0.3 is 5.32 Å². The summed E-state index contributed by atoms with van der Waals surface area (Å²) in [4.78, 5) is 4.27. The van der Waals surface area contributed by atoms with Gasteiger partial charge in [-0.3, -0.25) is 4.98 Å². The molecule has 3 heteroatoms. The summed E-state index contributed by atoms with van der Waals surface area (Å²) in [6, 6.07) is 3.04. The minimum absolute atomic E-state index is 0.519. The summed E-state index contributed by atoms with van der Waals surface area (Å²) in [5.41, 5.74) is 1.89. The lowest BCUT2D eigenvalue weighted by Crippen LogP contribution is -2.42. The summed E-state index contributed by atoms with van der Waals surface area (Å²) in [6.45, 7) is 1.20. The highest BCUT2D eigenvalue weighted by Gasteiger charge is 2.38.